The van der Waals surface area contributed by atoms with Crippen LogP contribution in [0, 0.1) is 0 Å². The highest BCUT2D eigenvalue weighted by Gasteiger charge is 2.12. The van der Waals surface area contributed by atoms with Crippen molar-refractivity contribution < 1.29 is 19.1 Å². The highest BCUT2D eigenvalue weighted by Crippen LogP contribution is 2.10. The number of benzene rings is 2. The molecule has 0 radical (unpaired) electrons. The van der Waals surface area contributed by atoms with E-state index in [2.05, 4.69) is 10.6 Å². The molecule has 0 aliphatic heterocycles. The molecule has 142 valence electrons. The van der Waals surface area contributed by atoms with Gasteiger partial charge in [-0.25, -0.2) is 9.59 Å². The van der Waals surface area contributed by atoms with Gasteiger partial charge >= 0.3 is 12.0 Å². The molecular weight excluding hydrogens is 346 g/mol. The van der Waals surface area contributed by atoms with Crippen molar-refractivity contribution in [2.75, 3.05) is 11.9 Å². The highest BCUT2D eigenvalue weighted by molar-refractivity contribution is 5.93. The molecule has 0 unspecified atom stereocenters. The SMILES string of the molecule is C[C@@H](CCc1ccccc1)NC(=O)COC(=O)c1ccc(NC(N)=O)cc1. The Hall–Kier alpha value is -3.35. The minimum absolute atomic E-state index is 0.0319. The van der Waals surface area contributed by atoms with Crippen molar-refractivity contribution in [1.29, 1.82) is 0 Å². The molecule has 0 bridgehead atoms. The summed E-state index contributed by atoms with van der Waals surface area (Å²) in [6.45, 7) is 1.56. The number of anilines is 1. The van der Waals surface area contributed by atoms with Crippen molar-refractivity contribution in [1.82, 2.24) is 5.32 Å². The molecule has 0 saturated heterocycles. The van der Waals surface area contributed by atoms with Crippen LogP contribution in [0.3, 0.4) is 0 Å². The fraction of sp³-hybridized carbons (Fsp3) is 0.250. The predicted octanol–water partition coefficient (Wildman–Crippen LogP) is 2.47. The molecule has 3 amide bonds. The molecule has 0 spiro atoms. The average molecular weight is 369 g/mol. The van der Waals surface area contributed by atoms with Gasteiger partial charge in [0.2, 0.25) is 0 Å². The lowest BCUT2D eigenvalue weighted by atomic mass is 10.1. The van der Waals surface area contributed by atoms with Gasteiger partial charge in [0.15, 0.2) is 6.61 Å². The van der Waals surface area contributed by atoms with Crippen LogP contribution in [0.5, 0.6) is 0 Å². The molecule has 7 heteroatoms. The maximum Gasteiger partial charge on any atom is 0.338 e. The zero-order valence-electron chi connectivity index (χ0n) is 15.1. The third-order valence-electron chi connectivity index (χ3n) is 3.84. The highest BCUT2D eigenvalue weighted by atomic mass is 16.5. The van der Waals surface area contributed by atoms with Crippen molar-refractivity contribution >= 4 is 23.6 Å². The number of primary amides is 1. The van der Waals surface area contributed by atoms with E-state index >= 15 is 0 Å². The van der Waals surface area contributed by atoms with Crippen LogP contribution in [0.2, 0.25) is 0 Å². The standard InChI is InChI=1S/C20H23N3O4/c1-14(7-8-15-5-3-2-4-6-15)22-18(24)13-27-19(25)16-9-11-17(12-10-16)23-20(21)26/h2-6,9-12,14H,7-8,13H2,1H3,(H,22,24)(H3,21,23,26)/t14-/m0/s1. The number of urea groups is 1. The zero-order chi connectivity index (χ0) is 19.6. The van der Waals surface area contributed by atoms with E-state index in [1.807, 2.05) is 37.3 Å². The Labute approximate surface area is 157 Å². The van der Waals surface area contributed by atoms with Gasteiger partial charge in [-0.3, -0.25) is 4.79 Å². The monoisotopic (exact) mass is 369 g/mol. The lowest BCUT2D eigenvalue weighted by molar-refractivity contribution is -0.124. The van der Waals surface area contributed by atoms with Gasteiger partial charge in [0.05, 0.1) is 5.56 Å². The van der Waals surface area contributed by atoms with Crippen LogP contribution in [0.15, 0.2) is 54.6 Å². The molecule has 0 saturated carbocycles. The van der Waals surface area contributed by atoms with E-state index in [4.69, 9.17) is 10.5 Å². The Balaban J connectivity index is 1.72. The van der Waals surface area contributed by atoms with Crippen molar-refractivity contribution in [3.63, 3.8) is 0 Å². The lowest BCUT2D eigenvalue weighted by Crippen LogP contribution is -2.36. The van der Waals surface area contributed by atoms with E-state index in [9.17, 15) is 14.4 Å². The van der Waals surface area contributed by atoms with Crippen LogP contribution in [0.4, 0.5) is 10.5 Å². The Morgan fingerprint density at radius 1 is 1.04 bits per heavy atom. The number of amides is 3. The van der Waals surface area contributed by atoms with E-state index in [1.54, 1.807) is 0 Å². The molecule has 27 heavy (non-hydrogen) atoms. The normalized spacial score (nSPS) is 11.3. The molecule has 1 atom stereocenters. The summed E-state index contributed by atoms with van der Waals surface area (Å²) < 4.78 is 5.01. The van der Waals surface area contributed by atoms with E-state index in [0.717, 1.165) is 12.8 Å². The van der Waals surface area contributed by atoms with Crippen LogP contribution in [-0.2, 0) is 16.0 Å². The number of ether oxygens (including phenoxy) is 1. The number of nitrogens with one attached hydrogen (secondary N) is 2. The van der Waals surface area contributed by atoms with Gasteiger partial charge in [-0.1, -0.05) is 30.3 Å². The predicted molar refractivity (Wildman–Crippen MR) is 102 cm³/mol. The fourth-order valence-corrected chi connectivity index (χ4v) is 2.46. The second kappa shape index (κ2) is 9.96. The van der Waals surface area contributed by atoms with Crippen LogP contribution < -0.4 is 16.4 Å². The van der Waals surface area contributed by atoms with Gasteiger partial charge in [-0.15, -0.1) is 0 Å². The number of hydrogen-bond donors (Lipinski definition) is 3. The molecule has 0 aliphatic rings. The number of nitrogens with two attached hydrogens (primary N) is 1. The van der Waals surface area contributed by atoms with Crippen molar-refractivity contribution in [2.45, 2.75) is 25.8 Å². The minimum atomic E-state index is -0.691. The summed E-state index contributed by atoms with van der Waals surface area (Å²) >= 11 is 0. The smallest absolute Gasteiger partial charge is 0.338 e. The Kier molecular flexibility index (Phi) is 7.37. The van der Waals surface area contributed by atoms with Crippen molar-refractivity contribution in [3.8, 4) is 0 Å². The first kappa shape index (κ1) is 20.0. The van der Waals surface area contributed by atoms with Crippen LogP contribution in [-0.4, -0.2) is 30.6 Å². The van der Waals surface area contributed by atoms with Gasteiger partial charge in [0.25, 0.3) is 5.91 Å². The average Bonchev–Trinajstić information content (AvgIpc) is 2.65. The number of esters is 1. The molecule has 0 aliphatic carbocycles. The third-order valence-corrected chi connectivity index (χ3v) is 3.84. The molecule has 4 N–H and O–H groups in total. The first-order valence-electron chi connectivity index (χ1n) is 8.61. The summed E-state index contributed by atoms with van der Waals surface area (Å²) in [4.78, 5) is 34.6. The van der Waals surface area contributed by atoms with Gasteiger partial charge < -0.3 is 21.1 Å². The van der Waals surface area contributed by atoms with E-state index < -0.39 is 12.0 Å². The third kappa shape index (κ3) is 7.19. The van der Waals surface area contributed by atoms with Crippen LogP contribution in [0.25, 0.3) is 0 Å². The van der Waals surface area contributed by atoms with E-state index in [1.165, 1.54) is 29.8 Å². The quantitative estimate of drug-likeness (QED) is 0.621. The molecule has 2 rings (SSSR count). The van der Waals surface area contributed by atoms with E-state index in [-0.39, 0.29) is 24.1 Å². The summed E-state index contributed by atoms with van der Waals surface area (Å²) in [6.07, 6.45) is 1.64. The number of hydrogen-bond acceptors (Lipinski definition) is 4. The van der Waals surface area contributed by atoms with E-state index in [0.29, 0.717) is 5.69 Å². The molecule has 2 aromatic carbocycles. The number of carbonyl (C=O) groups is 3. The first-order valence-corrected chi connectivity index (χ1v) is 8.61. The first-order chi connectivity index (χ1) is 12.9. The Bertz CT molecular complexity index is 776. The van der Waals surface area contributed by atoms with Crippen molar-refractivity contribution in [3.05, 3.63) is 65.7 Å². The molecule has 2 aromatic rings. The van der Waals surface area contributed by atoms with Crippen LogP contribution >= 0.6 is 0 Å². The summed E-state index contributed by atoms with van der Waals surface area (Å²) in [5, 5.41) is 5.20. The minimum Gasteiger partial charge on any atom is -0.452 e. The largest absolute Gasteiger partial charge is 0.452 e. The Morgan fingerprint density at radius 3 is 2.33 bits per heavy atom. The molecular formula is C20H23N3O4. The van der Waals surface area contributed by atoms with Gasteiger partial charge in [0, 0.05) is 11.7 Å². The number of carbonyl (C=O) groups excluding carboxylic acids is 3. The topological polar surface area (TPSA) is 111 Å². The lowest BCUT2D eigenvalue weighted by Gasteiger charge is -2.14. The number of aryl methyl sites for hydroxylation is 1. The van der Waals surface area contributed by atoms with Gasteiger partial charge in [-0.05, 0) is 49.6 Å². The Morgan fingerprint density at radius 2 is 1.70 bits per heavy atom. The van der Waals surface area contributed by atoms with Gasteiger partial charge in [0.1, 0.15) is 0 Å². The maximum atomic E-state index is 12.0. The summed E-state index contributed by atoms with van der Waals surface area (Å²) in [7, 11) is 0. The molecule has 7 nitrogen and oxygen atoms in total. The zero-order valence-corrected chi connectivity index (χ0v) is 15.1. The van der Waals surface area contributed by atoms with Crippen LogP contribution in [0.1, 0.15) is 29.3 Å². The summed E-state index contributed by atoms with van der Waals surface area (Å²) in [6, 6.07) is 15.3. The molecule has 0 fully saturated rings. The fourth-order valence-electron chi connectivity index (χ4n) is 2.46. The molecule has 0 aromatic heterocycles. The second-order valence-electron chi connectivity index (χ2n) is 6.14. The number of rotatable bonds is 8. The summed E-state index contributed by atoms with van der Waals surface area (Å²) in [5.41, 5.74) is 6.95. The van der Waals surface area contributed by atoms with Crippen molar-refractivity contribution in [2.24, 2.45) is 5.73 Å². The summed E-state index contributed by atoms with van der Waals surface area (Å²) in [5.74, 6) is -0.969. The van der Waals surface area contributed by atoms with Gasteiger partial charge in [-0.2, -0.15) is 0 Å². The maximum absolute atomic E-state index is 12.0. The second-order valence-corrected chi connectivity index (χ2v) is 6.14. The molecule has 0 heterocycles.